The van der Waals surface area contributed by atoms with Gasteiger partial charge in [-0.05, 0) is 44.0 Å². The Kier molecular flexibility index (Phi) is 5.36. The quantitative estimate of drug-likeness (QED) is 0.814. The molecule has 1 amide bonds. The predicted octanol–water partition coefficient (Wildman–Crippen LogP) is 3.63. The van der Waals surface area contributed by atoms with Gasteiger partial charge < -0.3 is 9.64 Å². The highest BCUT2D eigenvalue weighted by atomic mass is 16.5. The Morgan fingerprint density at radius 1 is 1.25 bits per heavy atom. The number of hydrogen-bond donors (Lipinski definition) is 0. The standard InChI is InChI=1S/C23H29N3O2/c1-4-19-15-25(11-12-26(19)16(2)3)23(27)18-8-9-21(24-14-18)20-7-5-6-17-10-13-28-22(17)20/h5-9,14,16,19H,4,10-13,15H2,1-3H3/t19-/m0/s1. The lowest BCUT2D eigenvalue weighted by molar-refractivity contribution is 0.0371. The first-order valence-corrected chi connectivity index (χ1v) is 10.3. The molecule has 0 saturated carbocycles. The second-order valence-corrected chi connectivity index (χ2v) is 7.97. The van der Waals surface area contributed by atoms with E-state index in [1.807, 2.05) is 29.2 Å². The van der Waals surface area contributed by atoms with Gasteiger partial charge in [-0.25, -0.2) is 0 Å². The van der Waals surface area contributed by atoms with Crippen molar-refractivity contribution < 1.29 is 9.53 Å². The van der Waals surface area contributed by atoms with Gasteiger partial charge >= 0.3 is 0 Å². The molecule has 2 aromatic rings. The Bertz CT molecular complexity index is 847. The third kappa shape index (κ3) is 3.51. The predicted molar refractivity (Wildman–Crippen MR) is 111 cm³/mol. The molecule has 1 aromatic heterocycles. The molecule has 4 rings (SSSR count). The number of para-hydroxylation sites is 1. The molecule has 3 heterocycles. The van der Waals surface area contributed by atoms with Gasteiger partial charge in [-0.1, -0.05) is 19.1 Å². The molecule has 1 atom stereocenters. The summed E-state index contributed by atoms with van der Waals surface area (Å²) in [6.07, 6.45) is 3.71. The molecule has 0 unspecified atom stereocenters. The average Bonchev–Trinajstić information content (AvgIpc) is 3.21. The van der Waals surface area contributed by atoms with E-state index in [0.29, 0.717) is 17.6 Å². The summed E-state index contributed by atoms with van der Waals surface area (Å²) in [5.74, 6) is 1.01. The highest BCUT2D eigenvalue weighted by Crippen LogP contribution is 2.35. The zero-order valence-electron chi connectivity index (χ0n) is 17.0. The van der Waals surface area contributed by atoms with Gasteiger partial charge in [-0.15, -0.1) is 0 Å². The van der Waals surface area contributed by atoms with Crippen molar-refractivity contribution >= 4 is 5.91 Å². The topological polar surface area (TPSA) is 45.7 Å². The van der Waals surface area contributed by atoms with E-state index in [2.05, 4.69) is 36.7 Å². The fourth-order valence-electron chi connectivity index (χ4n) is 4.38. The molecule has 1 aromatic carbocycles. The number of nitrogens with zero attached hydrogens (tertiary/aromatic N) is 3. The van der Waals surface area contributed by atoms with E-state index in [1.54, 1.807) is 6.20 Å². The molecule has 5 heteroatoms. The molecule has 2 aliphatic heterocycles. The Morgan fingerprint density at radius 2 is 2.11 bits per heavy atom. The molecular formula is C23H29N3O2. The van der Waals surface area contributed by atoms with Crippen LogP contribution < -0.4 is 4.74 Å². The van der Waals surface area contributed by atoms with Gasteiger partial charge in [-0.3, -0.25) is 14.7 Å². The number of carbonyl (C=O) groups is 1. The molecule has 28 heavy (non-hydrogen) atoms. The van der Waals surface area contributed by atoms with Crippen LogP contribution in [0.5, 0.6) is 5.75 Å². The third-order valence-corrected chi connectivity index (χ3v) is 5.95. The van der Waals surface area contributed by atoms with Crippen LogP contribution in [0.25, 0.3) is 11.3 Å². The van der Waals surface area contributed by atoms with Crippen LogP contribution in [0.1, 0.15) is 43.1 Å². The number of ether oxygens (including phenoxy) is 1. The van der Waals surface area contributed by atoms with Crippen LogP contribution in [0.4, 0.5) is 0 Å². The molecule has 0 spiro atoms. The second-order valence-electron chi connectivity index (χ2n) is 7.97. The third-order valence-electron chi connectivity index (χ3n) is 5.95. The monoisotopic (exact) mass is 379 g/mol. The molecule has 148 valence electrons. The first kappa shape index (κ1) is 18.9. The van der Waals surface area contributed by atoms with Gasteiger partial charge in [0, 0.05) is 49.9 Å². The minimum atomic E-state index is 0.0791. The van der Waals surface area contributed by atoms with Gasteiger partial charge in [0.05, 0.1) is 17.9 Å². The van der Waals surface area contributed by atoms with Gasteiger partial charge in [-0.2, -0.15) is 0 Å². The second kappa shape index (κ2) is 7.92. The van der Waals surface area contributed by atoms with E-state index < -0.39 is 0 Å². The lowest BCUT2D eigenvalue weighted by Crippen LogP contribution is -2.56. The fraction of sp³-hybridized carbons (Fsp3) is 0.478. The number of pyridine rings is 1. The molecular weight excluding hydrogens is 350 g/mol. The molecule has 0 N–H and O–H groups in total. The fourth-order valence-corrected chi connectivity index (χ4v) is 4.38. The largest absolute Gasteiger partial charge is 0.492 e. The summed E-state index contributed by atoms with van der Waals surface area (Å²) in [5, 5.41) is 0. The molecule has 5 nitrogen and oxygen atoms in total. The van der Waals surface area contributed by atoms with Crippen LogP contribution in [-0.4, -0.2) is 59.0 Å². The number of hydrogen-bond acceptors (Lipinski definition) is 4. The Balaban J connectivity index is 1.50. The maximum Gasteiger partial charge on any atom is 0.255 e. The Morgan fingerprint density at radius 3 is 2.82 bits per heavy atom. The number of fused-ring (bicyclic) bond motifs is 1. The number of carbonyl (C=O) groups excluding carboxylic acids is 1. The molecule has 2 aliphatic rings. The number of rotatable bonds is 4. The van der Waals surface area contributed by atoms with E-state index in [1.165, 1.54) is 5.56 Å². The normalized spacial score (nSPS) is 19.6. The van der Waals surface area contributed by atoms with Gasteiger partial charge in [0.2, 0.25) is 0 Å². The Hall–Kier alpha value is -2.40. The smallest absolute Gasteiger partial charge is 0.255 e. The van der Waals surface area contributed by atoms with Crippen LogP contribution in [0.15, 0.2) is 36.5 Å². The van der Waals surface area contributed by atoms with Crippen LogP contribution in [0.2, 0.25) is 0 Å². The summed E-state index contributed by atoms with van der Waals surface area (Å²) in [7, 11) is 0. The maximum absolute atomic E-state index is 13.0. The summed E-state index contributed by atoms with van der Waals surface area (Å²) in [5.41, 5.74) is 3.75. The van der Waals surface area contributed by atoms with Gasteiger partial charge in [0.25, 0.3) is 5.91 Å². The van der Waals surface area contributed by atoms with Gasteiger partial charge in [0.1, 0.15) is 5.75 Å². The minimum absolute atomic E-state index is 0.0791. The highest BCUT2D eigenvalue weighted by Gasteiger charge is 2.30. The summed E-state index contributed by atoms with van der Waals surface area (Å²) >= 11 is 0. The number of piperazine rings is 1. The number of amides is 1. The van der Waals surface area contributed by atoms with Crippen molar-refractivity contribution in [3.63, 3.8) is 0 Å². The van der Waals surface area contributed by atoms with Crippen LogP contribution in [-0.2, 0) is 6.42 Å². The van der Waals surface area contributed by atoms with Crippen molar-refractivity contribution in [2.24, 2.45) is 0 Å². The van der Waals surface area contributed by atoms with E-state index in [-0.39, 0.29) is 5.91 Å². The molecule has 0 aliphatic carbocycles. The van der Waals surface area contributed by atoms with Crippen molar-refractivity contribution in [1.29, 1.82) is 0 Å². The highest BCUT2D eigenvalue weighted by molar-refractivity contribution is 5.94. The van der Waals surface area contributed by atoms with Gasteiger partial charge in [0.15, 0.2) is 0 Å². The first-order valence-electron chi connectivity index (χ1n) is 10.3. The summed E-state index contributed by atoms with van der Waals surface area (Å²) in [6, 6.07) is 11.0. The van der Waals surface area contributed by atoms with Crippen LogP contribution in [0, 0.1) is 0 Å². The van der Waals surface area contributed by atoms with Crippen molar-refractivity contribution in [3.05, 3.63) is 47.7 Å². The molecule has 0 radical (unpaired) electrons. The van der Waals surface area contributed by atoms with E-state index in [0.717, 1.165) is 56.1 Å². The number of aromatic nitrogens is 1. The summed E-state index contributed by atoms with van der Waals surface area (Å²) in [6.45, 7) is 9.87. The van der Waals surface area contributed by atoms with Crippen LogP contribution >= 0.6 is 0 Å². The SMILES string of the molecule is CC[C@H]1CN(C(=O)c2ccc(-c3cccc4c3OCC4)nc2)CCN1C(C)C. The van der Waals surface area contributed by atoms with Crippen LogP contribution in [0.3, 0.4) is 0 Å². The molecule has 0 bridgehead atoms. The van der Waals surface area contributed by atoms with E-state index in [9.17, 15) is 4.79 Å². The van der Waals surface area contributed by atoms with Crippen molar-refractivity contribution in [2.45, 2.75) is 45.7 Å². The van der Waals surface area contributed by atoms with Crippen molar-refractivity contribution in [3.8, 4) is 17.0 Å². The number of benzene rings is 1. The molecule has 1 saturated heterocycles. The Labute approximate surface area is 167 Å². The van der Waals surface area contributed by atoms with Crippen molar-refractivity contribution in [2.75, 3.05) is 26.2 Å². The lowest BCUT2D eigenvalue weighted by Gasteiger charge is -2.43. The lowest BCUT2D eigenvalue weighted by atomic mass is 10.0. The zero-order chi connectivity index (χ0) is 19.7. The van der Waals surface area contributed by atoms with E-state index in [4.69, 9.17) is 4.74 Å². The average molecular weight is 380 g/mol. The summed E-state index contributed by atoms with van der Waals surface area (Å²) < 4.78 is 5.79. The zero-order valence-corrected chi connectivity index (χ0v) is 17.0. The first-order chi connectivity index (χ1) is 13.6. The minimum Gasteiger partial charge on any atom is -0.492 e. The van der Waals surface area contributed by atoms with Crippen molar-refractivity contribution in [1.82, 2.24) is 14.8 Å². The van der Waals surface area contributed by atoms with E-state index >= 15 is 0 Å². The maximum atomic E-state index is 13.0. The summed E-state index contributed by atoms with van der Waals surface area (Å²) in [4.78, 5) is 22.1. The molecule has 1 fully saturated rings.